The van der Waals surface area contributed by atoms with Crippen molar-refractivity contribution in [2.75, 3.05) is 6.54 Å². The summed E-state index contributed by atoms with van der Waals surface area (Å²) in [6, 6.07) is 6.41. The summed E-state index contributed by atoms with van der Waals surface area (Å²) in [6.45, 7) is 5.55. The average molecular weight is 395 g/mol. The van der Waals surface area contributed by atoms with E-state index in [9.17, 15) is 14.4 Å². The molecule has 0 saturated heterocycles. The summed E-state index contributed by atoms with van der Waals surface area (Å²) in [5.74, 6) is -0.427. The molecule has 1 aliphatic rings. The van der Waals surface area contributed by atoms with Gasteiger partial charge in [-0.25, -0.2) is 0 Å². The number of nitrogens with one attached hydrogen (secondary N) is 2. The number of ether oxygens (including phenoxy) is 1. The van der Waals surface area contributed by atoms with Crippen LogP contribution in [0.2, 0.25) is 5.02 Å². The minimum atomic E-state index is -0.908. The fraction of sp³-hybridized carbons (Fsp3) is 0.550. The van der Waals surface area contributed by atoms with Crippen molar-refractivity contribution in [3.05, 3.63) is 34.9 Å². The summed E-state index contributed by atoms with van der Waals surface area (Å²) in [5, 5.41) is 5.97. The van der Waals surface area contributed by atoms with Crippen LogP contribution in [-0.2, 0) is 14.3 Å². The van der Waals surface area contributed by atoms with Crippen LogP contribution in [0, 0.1) is 11.8 Å². The van der Waals surface area contributed by atoms with Gasteiger partial charge in [0.25, 0.3) is 11.8 Å². The number of amides is 2. The third-order valence-corrected chi connectivity index (χ3v) is 5.46. The van der Waals surface area contributed by atoms with Crippen molar-refractivity contribution in [3.8, 4) is 0 Å². The predicted octanol–water partition coefficient (Wildman–Crippen LogP) is 2.94. The van der Waals surface area contributed by atoms with Crippen LogP contribution in [-0.4, -0.2) is 36.5 Å². The van der Waals surface area contributed by atoms with Crippen molar-refractivity contribution in [3.63, 3.8) is 0 Å². The summed E-state index contributed by atoms with van der Waals surface area (Å²) in [5.41, 5.74) is 0.387. The maximum absolute atomic E-state index is 12.3. The van der Waals surface area contributed by atoms with Crippen molar-refractivity contribution in [1.82, 2.24) is 10.6 Å². The van der Waals surface area contributed by atoms with Gasteiger partial charge in [-0.05, 0) is 49.4 Å². The Balaban J connectivity index is 1.76. The fourth-order valence-corrected chi connectivity index (χ4v) is 3.36. The van der Waals surface area contributed by atoms with Gasteiger partial charge in [0.1, 0.15) is 6.54 Å². The van der Waals surface area contributed by atoms with Gasteiger partial charge in [-0.2, -0.15) is 0 Å². The van der Waals surface area contributed by atoms with Crippen molar-refractivity contribution in [2.24, 2.45) is 11.8 Å². The number of esters is 1. The Morgan fingerprint density at radius 3 is 2.52 bits per heavy atom. The molecule has 1 saturated carbocycles. The molecule has 0 aromatic heterocycles. The second kappa shape index (κ2) is 9.74. The molecule has 1 aromatic rings. The van der Waals surface area contributed by atoms with E-state index in [0.717, 1.165) is 12.8 Å². The van der Waals surface area contributed by atoms with Crippen LogP contribution in [0.5, 0.6) is 0 Å². The fourth-order valence-electron chi connectivity index (χ4n) is 3.23. The lowest BCUT2D eigenvalue weighted by molar-refractivity contribution is -0.154. The molecule has 1 aliphatic carbocycles. The molecule has 2 amide bonds. The first-order chi connectivity index (χ1) is 12.8. The molecule has 1 fully saturated rings. The van der Waals surface area contributed by atoms with Gasteiger partial charge in [0.05, 0.1) is 0 Å². The smallest absolute Gasteiger partial charge is 0.326 e. The Kier molecular flexibility index (Phi) is 7.66. The molecular weight excluding hydrogens is 368 g/mol. The molecule has 7 heteroatoms. The van der Waals surface area contributed by atoms with E-state index in [0.29, 0.717) is 22.4 Å². The Morgan fingerprint density at radius 2 is 1.85 bits per heavy atom. The first kappa shape index (κ1) is 21.2. The largest absolute Gasteiger partial charge is 0.451 e. The van der Waals surface area contributed by atoms with E-state index in [-0.39, 0.29) is 18.5 Å². The highest BCUT2D eigenvalue weighted by Crippen LogP contribution is 2.29. The quantitative estimate of drug-likeness (QED) is 0.726. The Hall–Kier alpha value is -2.08. The van der Waals surface area contributed by atoms with Crippen LogP contribution in [0.25, 0.3) is 0 Å². The normalized spacial score (nSPS) is 23.2. The molecule has 27 heavy (non-hydrogen) atoms. The van der Waals surface area contributed by atoms with Crippen LogP contribution >= 0.6 is 11.6 Å². The highest BCUT2D eigenvalue weighted by Gasteiger charge is 2.30. The highest BCUT2D eigenvalue weighted by molar-refractivity contribution is 6.30. The predicted molar refractivity (Wildman–Crippen MR) is 103 cm³/mol. The number of carbonyl (C=O) groups excluding carboxylic acids is 3. The first-order valence-corrected chi connectivity index (χ1v) is 9.69. The lowest BCUT2D eigenvalue weighted by Crippen LogP contribution is -2.48. The van der Waals surface area contributed by atoms with Gasteiger partial charge >= 0.3 is 5.97 Å². The lowest BCUT2D eigenvalue weighted by atomic mass is 9.78. The minimum absolute atomic E-state index is 0.104. The first-order valence-electron chi connectivity index (χ1n) is 9.31. The third kappa shape index (κ3) is 6.24. The Morgan fingerprint density at radius 1 is 1.19 bits per heavy atom. The summed E-state index contributed by atoms with van der Waals surface area (Å²) in [7, 11) is 0. The van der Waals surface area contributed by atoms with Crippen LogP contribution in [0.15, 0.2) is 24.3 Å². The topological polar surface area (TPSA) is 84.5 Å². The van der Waals surface area contributed by atoms with E-state index in [1.54, 1.807) is 24.3 Å². The van der Waals surface area contributed by atoms with E-state index in [1.165, 1.54) is 13.3 Å². The monoisotopic (exact) mass is 394 g/mol. The second-order valence-electron chi connectivity index (χ2n) is 7.20. The molecule has 0 unspecified atom stereocenters. The molecule has 6 nitrogen and oxygen atoms in total. The van der Waals surface area contributed by atoms with Gasteiger partial charge in [-0.1, -0.05) is 38.3 Å². The van der Waals surface area contributed by atoms with Gasteiger partial charge in [0.15, 0.2) is 6.10 Å². The average Bonchev–Trinajstić information content (AvgIpc) is 2.64. The Labute approximate surface area is 165 Å². The molecule has 4 atom stereocenters. The van der Waals surface area contributed by atoms with E-state index in [2.05, 4.69) is 24.5 Å². The lowest BCUT2D eigenvalue weighted by Gasteiger charge is -2.35. The van der Waals surface area contributed by atoms with E-state index in [4.69, 9.17) is 16.3 Å². The minimum Gasteiger partial charge on any atom is -0.451 e. The molecule has 2 rings (SSSR count). The molecule has 0 spiro atoms. The number of halogens is 1. The molecule has 1 aromatic carbocycles. The number of hydrogen-bond donors (Lipinski definition) is 2. The summed E-state index contributed by atoms with van der Waals surface area (Å²) in [6.07, 6.45) is 2.29. The maximum atomic E-state index is 12.3. The van der Waals surface area contributed by atoms with Crippen molar-refractivity contribution in [2.45, 2.75) is 52.2 Å². The zero-order chi connectivity index (χ0) is 20.0. The summed E-state index contributed by atoms with van der Waals surface area (Å²) < 4.78 is 5.13. The molecule has 0 bridgehead atoms. The number of benzene rings is 1. The molecule has 148 valence electrons. The van der Waals surface area contributed by atoms with Gasteiger partial charge in [0.2, 0.25) is 0 Å². The van der Waals surface area contributed by atoms with Crippen molar-refractivity contribution < 1.29 is 19.1 Å². The zero-order valence-electron chi connectivity index (χ0n) is 16.0. The standard InChI is InChI=1S/C20H27ClN2O4/c1-12-5-4-6-17(13(12)2)23-19(25)14(3)27-18(24)11-22-20(26)15-7-9-16(21)10-8-15/h7-10,12-14,17H,4-6,11H2,1-3H3,(H,22,26)(H,23,25)/t12-,13+,14+,17-/m0/s1. The van der Waals surface area contributed by atoms with Gasteiger partial charge in [0, 0.05) is 16.6 Å². The van der Waals surface area contributed by atoms with E-state index in [1.807, 2.05) is 0 Å². The number of carbonyl (C=O) groups is 3. The number of hydrogen-bond acceptors (Lipinski definition) is 4. The second-order valence-corrected chi connectivity index (χ2v) is 7.64. The zero-order valence-corrected chi connectivity index (χ0v) is 16.7. The molecule has 0 radical (unpaired) electrons. The summed E-state index contributed by atoms with van der Waals surface area (Å²) in [4.78, 5) is 36.2. The van der Waals surface area contributed by atoms with Crippen LogP contribution in [0.3, 0.4) is 0 Å². The molecule has 0 heterocycles. The molecule has 2 N–H and O–H groups in total. The SMILES string of the molecule is C[C@H]1[C@@H](NC(=O)[C@@H](C)OC(=O)CNC(=O)c2ccc(Cl)cc2)CCC[C@@H]1C. The van der Waals surface area contributed by atoms with Gasteiger partial charge in [-0.3, -0.25) is 14.4 Å². The van der Waals surface area contributed by atoms with Crippen molar-refractivity contribution >= 4 is 29.4 Å². The van der Waals surface area contributed by atoms with Crippen LogP contribution < -0.4 is 10.6 Å². The van der Waals surface area contributed by atoms with Crippen LogP contribution in [0.1, 0.15) is 50.4 Å². The summed E-state index contributed by atoms with van der Waals surface area (Å²) >= 11 is 5.77. The maximum Gasteiger partial charge on any atom is 0.326 e. The van der Waals surface area contributed by atoms with Gasteiger partial charge in [-0.15, -0.1) is 0 Å². The number of rotatable bonds is 6. The third-order valence-electron chi connectivity index (χ3n) is 5.21. The van der Waals surface area contributed by atoms with E-state index < -0.39 is 18.0 Å². The Bertz CT molecular complexity index is 677. The molecular formula is C20H27ClN2O4. The van der Waals surface area contributed by atoms with Crippen LogP contribution in [0.4, 0.5) is 0 Å². The van der Waals surface area contributed by atoms with Crippen molar-refractivity contribution in [1.29, 1.82) is 0 Å². The van der Waals surface area contributed by atoms with Gasteiger partial charge < -0.3 is 15.4 Å². The molecule has 0 aliphatic heterocycles. The van der Waals surface area contributed by atoms with E-state index >= 15 is 0 Å². The highest BCUT2D eigenvalue weighted by atomic mass is 35.5.